The Kier molecular flexibility index (Phi) is 6.36. The number of hydrogen-bond acceptors (Lipinski definition) is 6. The Morgan fingerprint density at radius 1 is 1.15 bits per heavy atom. The highest BCUT2D eigenvalue weighted by molar-refractivity contribution is 7.91. The van der Waals surface area contributed by atoms with E-state index in [4.69, 9.17) is 5.26 Å². The van der Waals surface area contributed by atoms with Crippen molar-refractivity contribution in [3.63, 3.8) is 0 Å². The van der Waals surface area contributed by atoms with Gasteiger partial charge in [0.1, 0.15) is 0 Å². The topological polar surface area (TPSA) is 112 Å². The molecule has 2 rings (SSSR count). The van der Waals surface area contributed by atoms with Crippen LogP contribution >= 0.6 is 0 Å². The van der Waals surface area contributed by atoms with Crippen LogP contribution in [0.3, 0.4) is 0 Å². The van der Waals surface area contributed by atoms with Crippen molar-refractivity contribution in [2.45, 2.75) is 35.8 Å². The van der Waals surface area contributed by atoms with Crippen LogP contribution in [-0.2, 0) is 20.1 Å². The summed E-state index contributed by atoms with van der Waals surface area (Å²) in [6, 6.07) is 7.37. The van der Waals surface area contributed by atoms with E-state index >= 15 is 0 Å². The van der Waals surface area contributed by atoms with Gasteiger partial charge in [-0.25, -0.2) is 8.42 Å². The summed E-state index contributed by atoms with van der Waals surface area (Å²) in [5, 5.41) is 7.40. The van der Waals surface area contributed by atoms with Gasteiger partial charge in [-0.1, -0.05) is 0 Å². The number of piperidine rings is 1. The van der Waals surface area contributed by atoms with Crippen molar-refractivity contribution < 1.29 is 25.5 Å². The Hall–Kier alpha value is -1.99. The average Bonchev–Trinajstić information content (AvgIpc) is 2.61. The number of sulfone groups is 1. The lowest BCUT2D eigenvalue weighted by molar-refractivity contribution is 0.0724. The summed E-state index contributed by atoms with van der Waals surface area (Å²) in [4.78, 5) is 13.9. The van der Waals surface area contributed by atoms with Crippen molar-refractivity contribution in [3.05, 3.63) is 29.8 Å². The molecule has 1 amide bonds. The molecule has 1 aliphatic heterocycles. The number of likely N-dealkylation sites (tertiary alicyclic amines) is 1. The minimum atomic E-state index is -4.60. The fraction of sp³-hybridized carbons (Fsp3) is 0.500. The van der Waals surface area contributed by atoms with Crippen molar-refractivity contribution in [1.29, 1.82) is 5.26 Å². The number of benzene rings is 1. The molecule has 0 radical (unpaired) electrons. The van der Waals surface area contributed by atoms with Crippen molar-refractivity contribution in [2.75, 3.05) is 18.8 Å². The zero-order chi connectivity index (χ0) is 19.4. The first kappa shape index (κ1) is 20.3. The van der Waals surface area contributed by atoms with E-state index in [2.05, 4.69) is 0 Å². The number of rotatable bonds is 6. The van der Waals surface area contributed by atoms with E-state index in [0.717, 1.165) is 0 Å². The van der Waals surface area contributed by atoms with Crippen LogP contribution in [0.4, 0.5) is 3.89 Å². The predicted molar refractivity (Wildman–Crippen MR) is 92.3 cm³/mol. The molecule has 1 heterocycles. The van der Waals surface area contributed by atoms with Gasteiger partial charge in [-0.3, -0.25) is 4.79 Å². The largest absolute Gasteiger partial charge is 0.339 e. The zero-order valence-electron chi connectivity index (χ0n) is 14.0. The summed E-state index contributed by atoms with van der Waals surface area (Å²) in [7, 11) is -8.10. The van der Waals surface area contributed by atoms with Crippen molar-refractivity contribution in [3.8, 4) is 6.07 Å². The van der Waals surface area contributed by atoms with Gasteiger partial charge in [-0.05, 0) is 43.5 Å². The second-order valence-corrected chi connectivity index (χ2v) is 9.80. The van der Waals surface area contributed by atoms with E-state index in [9.17, 15) is 25.5 Å². The number of amides is 1. The smallest absolute Gasteiger partial charge is 0.305 e. The minimum Gasteiger partial charge on any atom is -0.339 e. The SMILES string of the molecule is N#CCCCS(=O)(=O)c1ccc(C(=O)N2CCC(S(=O)(=O)F)CC2)cc1. The van der Waals surface area contributed by atoms with Crippen LogP contribution in [-0.4, -0.2) is 51.7 Å². The Morgan fingerprint density at radius 3 is 2.23 bits per heavy atom. The van der Waals surface area contributed by atoms with Crippen molar-refractivity contribution >= 4 is 26.0 Å². The minimum absolute atomic E-state index is 0.0376. The standard InChI is InChI=1S/C16H19FN2O5S2/c17-26(23,24)15-7-10-19(11-8-15)16(20)13-3-5-14(6-4-13)25(21,22)12-2-1-9-18/h3-6,15H,1-2,7-8,10-12H2. The number of nitrogens with zero attached hydrogens (tertiary/aromatic N) is 2. The second-order valence-electron chi connectivity index (χ2n) is 6.07. The molecule has 0 spiro atoms. The molecule has 0 saturated carbocycles. The van der Waals surface area contributed by atoms with Gasteiger partial charge >= 0.3 is 10.2 Å². The molecule has 7 nitrogen and oxygen atoms in total. The van der Waals surface area contributed by atoms with Gasteiger partial charge in [0.2, 0.25) is 0 Å². The number of carbonyl (C=O) groups is 1. The molecule has 1 aromatic rings. The van der Waals surface area contributed by atoms with Gasteiger partial charge < -0.3 is 4.90 Å². The first-order valence-corrected chi connectivity index (χ1v) is 11.2. The van der Waals surface area contributed by atoms with Crippen molar-refractivity contribution in [1.82, 2.24) is 4.90 Å². The summed E-state index contributed by atoms with van der Waals surface area (Å²) >= 11 is 0. The zero-order valence-corrected chi connectivity index (χ0v) is 15.6. The number of carbonyl (C=O) groups excluding carboxylic acids is 1. The summed E-state index contributed by atoms with van der Waals surface area (Å²) < 4.78 is 59.1. The van der Waals surface area contributed by atoms with E-state index in [1.54, 1.807) is 0 Å². The highest BCUT2D eigenvalue weighted by Gasteiger charge is 2.31. The number of hydrogen-bond donors (Lipinski definition) is 0. The Morgan fingerprint density at radius 2 is 1.73 bits per heavy atom. The Labute approximate surface area is 152 Å². The molecular weight excluding hydrogens is 383 g/mol. The van der Waals surface area contributed by atoms with Crippen LogP contribution in [0, 0.1) is 11.3 Å². The molecule has 1 aromatic carbocycles. The molecule has 0 atom stereocenters. The highest BCUT2D eigenvalue weighted by atomic mass is 32.3. The van der Waals surface area contributed by atoms with Crippen LogP contribution < -0.4 is 0 Å². The van der Waals surface area contributed by atoms with Gasteiger partial charge in [-0.15, -0.1) is 3.89 Å². The van der Waals surface area contributed by atoms with Crippen LogP contribution in [0.5, 0.6) is 0 Å². The lowest BCUT2D eigenvalue weighted by atomic mass is 10.1. The maximum Gasteiger partial charge on any atom is 0.305 e. The number of halogens is 1. The predicted octanol–water partition coefficient (Wildman–Crippen LogP) is 1.67. The number of nitriles is 1. The van der Waals surface area contributed by atoms with E-state index in [0.29, 0.717) is 0 Å². The molecule has 0 aromatic heterocycles. The Bertz CT molecular complexity index is 897. The third-order valence-electron chi connectivity index (χ3n) is 4.29. The third-order valence-corrected chi connectivity index (χ3v) is 7.37. The molecule has 10 heteroatoms. The van der Waals surface area contributed by atoms with E-state index in [1.165, 1.54) is 29.2 Å². The summed E-state index contributed by atoms with van der Waals surface area (Å²) in [5.74, 6) is -0.493. The van der Waals surface area contributed by atoms with Crippen LogP contribution in [0.2, 0.25) is 0 Å². The maximum atomic E-state index is 13.0. The van der Waals surface area contributed by atoms with Gasteiger partial charge in [0.15, 0.2) is 9.84 Å². The average molecular weight is 402 g/mol. The lowest BCUT2D eigenvalue weighted by Crippen LogP contribution is -2.41. The lowest BCUT2D eigenvalue weighted by Gasteiger charge is -2.30. The molecule has 1 aliphatic rings. The summed E-state index contributed by atoms with van der Waals surface area (Å²) in [6.07, 6.45) is 0.470. The molecule has 0 unspecified atom stereocenters. The molecule has 142 valence electrons. The molecule has 1 fully saturated rings. The third kappa shape index (κ3) is 5.02. The van der Waals surface area contributed by atoms with Gasteiger partial charge in [0.25, 0.3) is 5.91 Å². The van der Waals surface area contributed by atoms with E-state index < -0.39 is 25.3 Å². The Balaban J connectivity index is 2.02. The van der Waals surface area contributed by atoms with E-state index in [-0.39, 0.29) is 60.9 Å². The van der Waals surface area contributed by atoms with Crippen molar-refractivity contribution in [2.24, 2.45) is 0 Å². The maximum absolute atomic E-state index is 13.0. The van der Waals surface area contributed by atoms with Crippen LogP contribution in [0.25, 0.3) is 0 Å². The monoisotopic (exact) mass is 402 g/mol. The fourth-order valence-electron chi connectivity index (χ4n) is 2.79. The molecule has 0 N–H and O–H groups in total. The quantitative estimate of drug-likeness (QED) is 0.528. The summed E-state index contributed by atoms with van der Waals surface area (Å²) in [5.41, 5.74) is 0.280. The molecule has 26 heavy (non-hydrogen) atoms. The van der Waals surface area contributed by atoms with Crippen LogP contribution in [0.15, 0.2) is 29.2 Å². The van der Waals surface area contributed by atoms with Gasteiger partial charge in [0, 0.05) is 25.1 Å². The number of unbranched alkanes of at least 4 members (excludes halogenated alkanes) is 1. The van der Waals surface area contributed by atoms with Gasteiger partial charge in [0.05, 0.1) is 22.0 Å². The molecule has 0 aliphatic carbocycles. The first-order valence-electron chi connectivity index (χ1n) is 8.07. The van der Waals surface area contributed by atoms with Crippen LogP contribution in [0.1, 0.15) is 36.0 Å². The highest BCUT2D eigenvalue weighted by Crippen LogP contribution is 2.21. The molecule has 1 saturated heterocycles. The summed E-state index contributed by atoms with van der Waals surface area (Å²) in [6.45, 7) is 0.252. The second kappa shape index (κ2) is 8.14. The van der Waals surface area contributed by atoms with E-state index in [1.807, 2.05) is 6.07 Å². The first-order chi connectivity index (χ1) is 12.1. The molecule has 0 bridgehead atoms. The van der Waals surface area contributed by atoms with Gasteiger partial charge in [-0.2, -0.15) is 13.7 Å². The molecular formula is C16H19FN2O5S2. The fourth-order valence-corrected chi connectivity index (χ4v) is 4.87. The normalized spacial score (nSPS) is 16.2.